The number of aromatic nitrogens is 2. The molecule has 2 rings (SSSR count). The molecule has 2 aromatic rings. The summed E-state index contributed by atoms with van der Waals surface area (Å²) in [5.74, 6) is -0.211. The maximum Gasteiger partial charge on any atom is 0.123 e. The van der Waals surface area contributed by atoms with Crippen LogP contribution in [0, 0.1) is 12.7 Å². The van der Waals surface area contributed by atoms with E-state index >= 15 is 0 Å². The quantitative estimate of drug-likeness (QED) is 0.900. The third kappa shape index (κ3) is 2.29. The fourth-order valence-electron chi connectivity index (χ4n) is 2.19. The second kappa shape index (κ2) is 5.31. The topological polar surface area (TPSA) is 29.9 Å². The van der Waals surface area contributed by atoms with Gasteiger partial charge in [-0.25, -0.2) is 9.07 Å². The van der Waals surface area contributed by atoms with Gasteiger partial charge in [0.15, 0.2) is 0 Å². The second-order valence-corrected chi connectivity index (χ2v) is 4.34. The lowest BCUT2D eigenvalue weighted by atomic mass is 10.1. The van der Waals surface area contributed by atoms with Gasteiger partial charge in [-0.05, 0) is 44.2 Å². The highest BCUT2D eigenvalue weighted by atomic mass is 19.1. The smallest absolute Gasteiger partial charge is 0.123 e. The van der Waals surface area contributed by atoms with E-state index < -0.39 is 0 Å². The average Bonchev–Trinajstić information content (AvgIpc) is 2.72. The van der Waals surface area contributed by atoms with Crippen molar-refractivity contribution in [1.82, 2.24) is 15.1 Å². The van der Waals surface area contributed by atoms with Gasteiger partial charge in [-0.15, -0.1) is 0 Å². The summed E-state index contributed by atoms with van der Waals surface area (Å²) in [6, 6.07) is 4.79. The summed E-state index contributed by atoms with van der Waals surface area (Å²) in [5, 5.41) is 7.55. The van der Waals surface area contributed by atoms with Gasteiger partial charge in [-0.2, -0.15) is 5.10 Å². The Bertz CT molecular complexity index is 546. The molecule has 18 heavy (non-hydrogen) atoms. The number of nitrogens with one attached hydrogen (secondary N) is 1. The van der Waals surface area contributed by atoms with Crippen molar-refractivity contribution in [2.75, 3.05) is 7.05 Å². The number of rotatable bonds is 4. The van der Waals surface area contributed by atoms with Crippen molar-refractivity contribution in [2.45, 2.75) is 26.8 Å². The standard InChI is InChI=1S/C14H18FN3/c1-4-13-11(8-16-3)9-17-18(13)14-6-5-12(15)7-10(14)2/h5-7,9,16H,4,8H2,1-3H3. The van der Waals surface area contributed by atoms with E-state index in [4.69, 9.17) is 0 Å². The lowest BCUT2D eigenvalue weighted by Crippen LogP contribution is -2.09. The van der Waals surface area contributed by atoms with E-state index in [0.29, 0.717) is 0 Å². The van der Waals surface area contributed by atoms with Gasteiger partial charge in [0.25, 0.3) is 0 Å². The van der Waals surface area contributed by atoms with Crippen molar-refractivity contribution >= 4 is 0 Å². The largest absolute Gasteiger partial charge is 0.316 e. The van der Waals surface area contributed by atoms with Gasteiger partial charge in [0, 0.05) is 17.8 Å². The Kier molecular flexibility index (Phi) is 3.77. The zero-order chi connectivity index (χ0) is 13.1. The predicted octanol–water partition coefficient (Wildman–Crippen LogP) is 2.60. The number of nitrogens with zero attached hydrogens (tertiary/aromatic N) is 2. The normalized spacial score (nSPS) is 10.9. The zero-order valence-corrected chi connectivity index (χ0v) is 11.0. The van der Waals surface area contributed by atoms with Crippen LogP contribution < -0.4 is 5.32 Å². The van der Waals surface area contributed by atoms with E-state index in [1.54, 1.807) is 6.07 Å². The van der Waals surface area contributed by atoms with Crippen LogP contribution in [-0.2, 0) is 13.0 Å². The third-order valence-corrected chi connectivity index (χ3v) is 3.04. The predicted molar refractivity (Wildman–Crippen MR) is 70.4 cm³/mol. The van der Waals surface area contributed by atoms with Crippen molar-refractivity contribution in [3.63, 3.8) is 0 Å². The van der Waals surface area contributed by atoms with Gasteiger partial charge in [0.05, 0.1) is 11.9 Å². The first-order valence-corrected chi connectivity index (χ1v) is 6.14. The summed E-state index contributed by atoms with van der Waals surface area (Å²) in [6.45, 7) is 4.80. The molecule has 0 aliphatic rings. The van der Waals surface area contributed by atoms with Crippen LogP contribution in [0.5, 0.6) is 0 Å². The van der Waals surface area contributed by atoms with E-state index in [1.165, 1.54) is 23.4 Å². The number of hydrogen-bond acceptors (Lipinski definition) is 2. The summed E-state index contributed by atoms with van der Waals surface area (Å²) >= 11 is 0. The molecule has 1 heterocycles. The van der Waals surface area contributed by atoms with Gasteiger partial charge in [-0.3, -0.25) is 0 Å². The average molecular weight is 247 g/mol. The zero-order valence-electron chi connectivity index (χ0n) is 11.0. The highest BCUT2D eigenvalue weighted by Gasteiger charge is 2.11. The molecule has 96 valence electrons. The van der Waals surface area contributed by atoms with Crippen LogP contribution in [0.15, 0.2) is 24.4 Å². The molecule has 3 nitrogen and oxygen atoms in total. The first-order valence-electron chi connectivity index (χ1n) is 6.14. The maximum atomic E-state index is 13.1. The fourth-order valence-corrected chi connectivity index (χ4v) is 2.19. The van der Waals surface area contributed by atoms with Gasteiger partial charge < -0.3 is 5.32 Å². The van der Waals surface area contributed by atoms with Crippen LogP contribution in [0.3, 0.4) is 0 Å². The molecule has 1 aromatic carbocycles. The lowest BCUT2D eigenvalue weighted by molar-refractivity contribution is 0.625. The number of halogens is 1. The summed E-state index contributed by atoms with van der Waals surface area (Å²) < 4.78 is 15.0. The molecule has 0 saturated heterocycles. The Morgan fingerprint density at radius 1 is 1.39 bits per heavy atom. The molecule has 0 unspecified atom stereocenters. The molecule has 0 atom stereocenters. The van der Waals surface area contributed by atoms with Crippen molar-refractivity contribution in [1.29, 1.82) is 0 Å². The van der Waals surface area contributed by atoms with Crippen molar-refractivity contribution in [2.24, 2.45) is 0 Å². The minimum Gasteiger partial charge on any atom is -0.316 e. The third-order valence-electron chi connectivity index (χ3n) is 3.04. The lowest BCUT2D eigenvalue weighted by Gasteiger charge is -2.10. The summed E-state index contributed by atoms with van der Waals surface area (Å²) in [4.78, 5) is 0. The van der Waals surface area contributed by atoms with Crippen molar-refractivity contribution in [3.8, 4) is 5.69 Å². The van der Waals surface area contributed by atoms with Crippen molar-refractivity contribution in [3.05, 3.63) is 47.0 Å². The van der Waals surface area contributed by atoms with Crippen molar-refractivity contribution < 1.29 is 4.39 Å². The number of aryl methyl sites for hydroxylation is 1. The Labute approximate surface area is 107 Å². The minimum atomic E-state index is -0.211. The summed E-state index contributed by atoms with van der Waals surface area (Å²) in [6.07, 6.45) is 2.77. The first kappa shape index (κ1) is 12.8. The van der Waals surface area contributed by atoms with Gasteiger partial charge in [-0.1, -0.05) is 6.92 Å². The molecular weight excluding hydrogens is 229 g/mol. The SMILES string of the molecule is CCc1c(CNC)cnn1-c1ccc(F)cc1C. The molecular formula is C14H18FN3. The molecule has 0 aliphatic heterocycles. The first-order chi connectivity index (χ1) is 8.67. The molecule has 0 spiro atoms. The van der Waals surface area contributed by atoms with E-state index in [2.05, 4.69) is 17.3 Å². The van der Waals surface area contributed by atoms with Gasteiger partial charge >= 0.3 is 0 Å². The highest BCUT2D eigenvalue weighted by molar-refractivity contribution is 5.42. The van der Waals surface area contributed by atoms with E-state index in [9.17, 15) is 4.39 Å². The maximum absolute atomic E-state index is 13.1. The number of benzene rings is 1. The van der Waals surface area contributed by atoms with Crippen LogP contribution in [0.2, 0.25) is 0 Å². The van der Waals surface area contributed by atoms with Gasteiger partial charge in [0.2, 0.25) is 0 Å². The molecule has 0 saturated carbocycles. The minimum absolute atomic E-state index is 0.211. The Morgan fingerprint density at radius 3 is 2.78 bits per heavy atom. The Balaban J connectivity index is 2.50. The van der Waals surface area contributed by atoms with E-state index in [1.807, 2.05) is 24.9 Å². The van der Waals surface area contributed by atoms with E-state index in [-0.39, 0.29) is 5.82 Å². The number of hydrogen-bond donors (Lipinski definition) is 1. The Morgan fingerprint density at radius 2 is 2.17 bits per heavy atom. The molecule has 1 aromatic heterocycles. The fraction of sp³-hybridized carbons (Fsp3) is 0.357. The molecule has 0 aliphatic carbocycles. The van der Waals surface area contributed by atoms with Gasteiger partial charge in [0.1, 0.15) is 5.82 Å². The Hall–Kier alpha value is -1.68. The molecule has 0 fully saturated rings. The van der Waals surface area contributed by atoms with Crippen LogP contribution in [0.1, 0.15) is 23.7 Å². The van der Waals surface area contributed by atoms with Crippen LogP contribution in [-0.4, -0.2) is 16.8 Å². The van der Waals surface area contributed by atoms with Crippen LogP contribution in [0.4, 0.5) is 4.39 Å². The van der Waals surface area contributed by atoms with Crippen LogP contribution in [0.25, 0.3) is 5.69 Å². The molecule has 0 bridgehead atoms. The summed E-state index contributed by atoms with van der Waals surface area (Å²) in [5.41, 5.74) is 4.18. The monoisotopic (exact) mass is 247 g/mol. The van der Waals surface area contributed by atoms with Crippen LogP contribution >= 0.6 is 0 Å². The molecule has 1 N–H and O–H groups in total. The molecule has 4 heteroatoms. The summed E-state index contributed by atoms with van der Waals surface area (Å²) in [7, 11) is 1.92. The molecule has 0 radical (unpaired) electrons. The highest BCUT2D eigenvalue weighted by Crippen LogP contribution is 2.19. The second-order valence-electron chi connectivity index (χ2n) is 4.34. The van der Waals surface area contributed by atoms with E-state index in [0.717, 1.165) is 24.2 Å². The molecule has 0 amide bonds.